The molecule has 7 nitrogen and oxygen atoms in total. The standard InChI is InChI=1S/C18H15FN2O5/c1-9(2)25-15-7-12-14(8-13(15)21(23)24)26-17(16(12)18(20)22)10-3-5-11(19)6-4-10/h3-9H,1-2H3,(H2,20,22). The van der Waals surface area contributed by atoms with Crippen molar-refractivity contribution in [2.75, 3.05) is 0 Å². The fourth-order valence-corrected chi connectivity index (χ4v) is 2.65. The van der Waals surface area contributed by atoms with Gasteiger partial charge < -0.3 is 14.9 Å². The molecule has 0 atom stereocenters. The van der Waals surface area contributed by atoms with E-state index in [4.69, 9.17) is 14.9 Å². The van der Waals surface area contributed by atoms with Gasteiger partial charge in [0.1, 0.15) is 17.2 Å². The van der Waals surface area contributed by atoms with Gasteiger partial charge in [0, 0.05) is 10.9 Å². The Hall–Kier alpha value is -3.42. The zero-order valence-corrected chi connectivity index (χ0v) is 14.0. The molecule has 134 valence electrons. The summed E-state index contributed by atoms with van der Waals surface area (Å²) >= 11 is 0. The molecule has 0 aliphatic heterocycles. The third-order valence-corrected chi connectivity index (χ3v) is 3.68. The molecular weight excluding hydrogens is 343 g/mol. The number of halogens is 1. The third kappa shape index (κ3) is 3.08. The van der Waals surface area contributed by atoms with Crippen LogP contribution in [-0.2, 0) is 0 Å². The number of fused-ring (bicyclic) bond motifs is 1. The van der Waals surface area contributed by atoms with Crippen LogP contribution in [0.15, 0.2) is 40.8 Å². The van der Waals surface area contributed by atoms with Gasteiger partial charge in [0.05, 0.1) is 22.7 Å². The van der Waals surface area contributed by atoms with Crippen molar-refractivity contribution in [2.45, 2.75) is 20.0 Å². The van der Waals surface area contributed by atoms with E-state index in [-0.39, 0.29) is 39.8 Å². The van der Waals surface area contributed by atoms with E-state index in [9.17, 15) is 19.3 Å². The number of hydrogen-bond acceptors (Lipinski definition) is 5. The van der Waals surface area contributed by atoms with Crippen LogP contribution in [0.2, 0.25) is 0 Å². The number of ether oxygens (including phenoxy) is 1. The number of benzene rings is 2. The molecule has 26 heavy (non-hydrogen) atoms. The summed E-state index contributed by atoms with van der Waals surface area (Å²) in [4.78, 5) is 22.7. The molecule has 0 saturated heterocycles. The number of carbonyl (C=O) groups excluding carboxylic acids is 1. The van der Waals surface area contributed by atoms with E-state index in [0.29, 0.717) is 5.56 Å². The number of nitro benzene ring substituents is 1. The first kappa shape index (κ1) is 17.4. The van der Waals surface area contributed by atoms with Crippen LogP contribution in [0.5, 0.6) is 5.75 Å². The highest BCUT2D eigenvalue weighted by molar-refractivity contribution is 6.11. The molecule has 0 bridgehead atoms. The lowest BCUT2D eigenvalue weighted by molar-refractivity contribution is -0.385. The first-order chi connectivity index (χ1) is 12.3. The van der Waals surface area contributed by atoms with E-state index in [1.807, 2.05) is 0 Å². The SMILES string of the molecule is CC(C)Oc1cc2c(C(N)=O)c(-c3ccc(F)cc3)oc2cc1[N+](=O)[O-]. The lowest BCUT2D eigenvalue weighted by Gasteiger charge is -2.09. The number of rotatable bonds is 5. The molecule has 2 aromatic carbocycles. The highest BCUT2D eigenvalue weighted by atomic mass is 19.1. The Morgan fingerprint density at radius 2 is 1.92 bits per heavy atom. The van der Waals surface area contributed by atoms with Crippen molar-refractivity contribution >= 4 is 22.6 Å². The summed E-state index contributed by atoms with van der Waals surface area (Å²) in [6.07, 6.45) is -0.313. The average Bonchev–Trinajstić information content (AvgIpc) is 2.92. The normalized spacial score (nSPS) is 11.1. The van der Waals surface area contributed by atoms with E-state index in [1.54, 1.807) is 13.8 Å². The highest BCUT2D eigenvalue weighted by Crippen LogP contribution is 2.40. The number of amides is 1. The molecule has 0 spiro atoms. The Labute approximate surface area is 147 Å². The minimum atomic E-state index is -0.771. The number of furan rings is 1. The minimum absolute atomic E-state index is 0.00598. The molecule has 0 aliphatic carbocycles. The van der Waals surface area contributed by atoms with Gasteiger partial charge in [-0.15, -0.1) is 0 Å². The van der Waals surface area contributed by atoms with Gasteiger partial charge in [0.25, 0.3) is 5.91 Å². The van der Waals surface area contributed by atoms with E-state index >= 15 is 0 Å². The van der Waals surface area contributed by atoms with Crippen molar-refractivity contribution in [3.05, 3.63) is 57.9 Å². The Bertz CT molecular complexity index is 1010. The monoisotopic (exact) mass is 358 g/mol. The van der Waals surface area contributed by atoms with Gasteiger partial charge in [-0.2, -0.15) is 0 Å². The predicted octanol–water partition coefficient (Wildman–Crippen LogP) is 4.03. The predicted molar refractivity (Wildman–Crippen MR) is 92.5 cm³/mol. The van der Waals surface area contributed by atoms with Crippen LogP contribution >= 0.6 is 0 Å². The van der Waals surface area contributed by atoms with Crippen LogP contribution < -0.4 is 10.5 Å². The van der Waals surface area contributed by atoms with Crippen molar-refractivity contribution in [3.8, 4) is 17.1 Å². The molecule has 1 heterocycles. The second-order valence-corrected chi connectivity index (χ2v) is 5.92. The van der Waals surface area contributed by atoms with E-state index < -0.39 is 16.6 Å². The van der Waals surface area contributed by atoms with Gasteiger partial charge >= 0.3 is 5.69 Å². The molecule has 2 N–H and O–H groups in total. The molecule has 8 heteroatoms. The van der Waals surface area contributed by atoms with Gasteiger partial charge in [0.15, 0.2) is 5.75 Å². The van der Waals surface area contributed by atoms with Crippen molar-refractivity contribution < 1.29 is 23.3 Å². The molecule has 0 aliphatic rings. The average molecular weight is 358 g/mol. The van der Waals surface area contributed by atoms with E-state index in [2.05, 4.69) is 0 Å². The molecule has 0 radical (unpaired) electrons. The molecule has 1 aromatic heterocycles. The van der Waals surface area contributed by atoms with E-state index in [0.717, 1.165) is 0 Å². The second kappa shape index (κ2) is 6.47. The maximum absolute atomic E-state index is 13.2. The number of hydrogen-bond donors (Lipinski definition) is 1. The quantitative estimate of drug-likeness (QED) is 0.547. The molecule has 0 saturated carbocycles. The smallest absolute Gasteiger partial charge is 0.314 e. The van der Waals surface area contributed by atoms with Crippen LogP contribution in [-0.4, -0.2) is 16.9 Å². The molecular formula is C18H15FN2O5. The molecule has 3 aromatic rings. The Kier molecular flexibility index (Phi) is 4.33. The summed E-state index contributed by atoms with van der Waals surface area (Å²) in [6, 6.07) is 7.83. The number of nitrogens with zero attached hydrogens (tertiary/aromatic N) is 1. The largest absolute Gasteiger partial charge is 0.484 e. The Balaban J connectivity index is 2.30. The van der Waals surface area contributed by atoms with Gasteiger partial charge in [-0.25, -0.2) is 4.39 Å². The van der Waals surface area contributed by atoms with Crippen molar-refractivity contribution in [2.24, 2.45) is 5.73 Å². The Morgan fingerprint density at radius 3 is 2.46 bits per heavy atom. The minimum Gasteiger partial charge on any atom is -0.484 e. The van der Waals surface area contributed by atoms with Gasteiger partial charge in [-0.05, 0) is 44.2 Å². The third-order valence-electron chi connectivity index (χ3n) is 3.68. The first-order valence-electron chi connectivity index (χ1n) is 7.75. The fraction of sp³-hybridized carbons (Fsp3) is 0.167. The van der Waals surface area contributed by atoms with Crippen LogP contribution in [0.4, 0.5) is 10.1 Å². The topological polar surface area (TPSA) is 109 Å². The summed E-state index contributed by atoms with van der Waals surface area (Å²) in [7, 11) is 0. The maximum Gasteiger partial charge on any atom is 0.314 e. The first-order valence-corrected chi connectivity index (χ1v) is 7.75. The summed E-state index contributed by atoms with van der Waals surface area (Å²) in [5, 5.41) is 11.6. The second-order valence-electron chi connectivity index (χ2n) is 5.92. The summed E-state index contributed by atoms with van der Waals surface area (Å²) in [5.41, 5.74) is 5.79. The number of carbonyl (C=O) groups is 1. The fourth-order valence-electron chi connectivity index (χ4n) is 2.65. The summed E-state index contributed by atoms with van der Waals surface area (Å²) in [6.45, 7) is 3.45. The van der Waals surface area contributed by atoms with Crippen LogP contribution in [0.3, 0.4) is 0 Å². The molecule has 1 amide bonds. The molecule has 0 unspecified atom stereocenters. The molecule has 0 fully saturated rings. The number of nitrogens with two attached hydrogens (primary N) is 1. The van der Waals surface area contributed by atoms with Gasteiger partial charge in [-0.1, -0.05) is 0 Å². The van der Waals surface area contributed by atoms with Crippen LogP contribution in [0, 0.1) is 15.9 Å². The lowest BCUT2D eigenvalue weighted by Crippen LogP contribution is -2.12. The summed E-state index contributed by atoms with van der Waals surface area (Å²) < 4.78 is 24.3. The van der Waals surface area contributed by atoms with Crippen LogP contribution in [0.25, 0.3) is 22.3 Å². The Morgan fingerprint density at radius 1 is 1.27 bits per heavy atom. The van der Waals surface area contributed by atoms with Crippen molar-refractivity contribution in [3.63, 3.8) is 0 Å². The highest BCUT2D eigenvalue weighted by Gasteiger charge is 2.26. The maximum atomic E-state index is 13.2. The number of nitro groups is 1. The number of primary amides is 1. The van der Waals surface area contributed by atoms with Gasteiger partial charge in [0.2, 0.25) is 0 Å². The van der Waals surface area contributed by atoms with Gasteiger partial charge in [-0.3, -0.25) is 14.9 Å². The van der Waals surface area contributed by atoms with Crippen molar-refractivity contribution in [1.82, 2.24) is 0 Å². The van der Waals surface area contributed by atoms with Crippen LogP contribution in [0.1, 0.15) is 24.2 Å². The summed E-state index contributed by atoms with van der Waals surface area (Å²) in [5.74, 6) is -1.10. The molecule has 3 rings (SSSR count). The van der Waals surface area contributed by atoms with Crippen molar-refractivity contribution in [1.29, 1.82) is 0 Å². The zero-order chi connectivity index (χ0) is 19.0. The zero-order valence-electron chi connectivity index (χ0n) is 14.0. The van der Waals surface area contributed by atoms with E-state index in [1.165, 1.54) is 36.4 Å². The lowest BCUT2D eigenvalue weighted by atomic mass is 10.0.